The normalized spacial score (nSPS) is 19.0. The summed E-state index contributed by atoms with van der Waals surface area (Å²) in [4.78, 5) is 16.7. The fourth-order valence-electron chi connectivity index (χ4n) is 2.49. The van der Waals surface area contributed by atoms with Gasteiger partial charge < -0.3 is 16.0 Å². The number of amides is 1. The number of rotatable bonds is 3. The molecule has 5 nitrogen and oxygen atoms in total. The van der Waals surface area contributed by atoms with Gasteiger partial charge in [0.05, 0.1) is 11.7 Å². The maximum Gasteiger partial charge on any atom is 0.241 e. The van der Waals surface area contributed by atoms with E-state index in [9.17, 15) is 9.18 Å². The minimum absolute atomic E-state index is 0.0388. The number of halogens is 1. The molecule has 3 N–H and O–H groups in total. The van der Waals surface area contributed by atoms with Gasteiger partial charge in [0.2, 0.25) is 5.91 Å². The molecule has 1 saturated heterocycles. The molecule has 0 aliphatic carbocycles. The van der Waals surface area contributed by atoms with Gasteiger partial charge in [-0.25, -0.2) is 4.39 Å². The van der Waals surface area contributed by atoms with Crippen LogP contribution in [0.5, 0.6) is 0 Å². The molecule has 1 aliphatic heterocycles. The molecule has 0 saturated carbocycles. The van der Waals surface area contributed by atoms with Crippen molar-refractivity contribution < 1.29 is 9.18 Å². The minimum Gasteiger partial charge on any atom is -0.396 e. The van der Waals surface area contributed by atoms with Gasteiger partial charge in [-0.3, -0.25) is 9.69 Å². The van der Waals surface area contributed by atoms with Crippen LogP contribution in [0.2, 0.25) is 0 Å². The van der Waals surface area contributed by atoms with Gasteiger partial charge in [0.25, 0.3) is 0 Å². The molecule has 1 aromatic rings. The highest BCUT2D eigenvalue weighted by molar-refractivity contribution is 5.94. The highest BCUT2D eigenvalue weighted by Crippen LogP contribution is 2.17. The molecule has 1 fully saturated rings. The number of benzene rings is 1. The Bertz CT molecular complexity index is 508. The van der Waals surface area contributed by atoms with Crippen LogP contribution in [0.15, 0.2) is 18.2 Å². The van der Waals surface area contributed by atoms with Gasteiger partial charge >= 0.3 is 0 Å². The van der Waals surface area contributed by atoms with Crippen molar-refractivity contribution in [3.63, 3.8) is 0 Å². The molecule has 0 radical (unpaired) electrons. The predicted molar refractivity (Wildman–Crippen MR) is 82.6 cm³/mol. The van der Waals surface area contributed by atoms with E-state index in [0.29, 0.717) is 5.69 Å². The van der Waals surface area contributed by atoms with Crippen molar-refractivity contribution >= 4 is 17.3 Å². The number of carbonyl (C=O) groups is 1. The second kappa shape index (κ2) is 6.87. The minimum atomic E-state index is -0.475. The number of nitrogens with one attached hydrogen (secondary N) is 1. The number of anilines is 2. The van der Waals surface area contributed by atoms with Crippen molar-refractivity contribution in [3.8, 4) is 0 Å². The van der Waals surface area contributed by atoms with Crippen LogP contribution in [-0.2, 0) is 4.79 Å². The van der Waals surface area contributed by atoms with Crippen LogP contribution in [0, 0.1) is 5.82 Å². The summed E-state index contributed by atoms with van der Waals surface area (Å²) in [7, 11) is 2.09. The van der Waals surface area contributed by atoms with Crippen LogP contribution in [-0.4, -0.2) is 55.0 Å². The van der Waals surface area contributed by atoms with Gasteiger partial charge in [0.15, 0.2) is 0 Å². The van der Waals surface area contributed by atoms with Crippen LogP contribution < -0.4 is 11.1 Å². The van der Waals surface area contributed by atoms with Gasteiger partial charge in [0, 0.05) is 25.3 Å². The van der Waals surface area contributed by atoms with Crippen molar-refractivity contribution in [2.24, 2.45) is 0 Å². The number of nitrogen functional groups attached to an aromatic ring is 1. The lowest BCUT2D eigenvalue weighted by molar-refractivity contribution is -0.120. The average Bonchev–Trinajstić information content (AvgIpc) is 2.67. The summed E-state index contributed by atoms with van der Waals surface area (Å²) in [6, 6.07) is 4.00. The number of likely N-dealkylation sites (N-methyl/N-ethyl adjacent to an activating group) is 1. The number of hydrogen-bond donors (Lipinski definition) is 2. The molecule has 1 amide bonds. The maximum atomic E-state index is 13.1. The highest BCUT2D eigenvalue weighted by atomic mass is 19.1. The second-order valence-corrected chi connectivity index (χ2v) is 5.59. The topological polar surface area (TPSA) is 61.6 Å². The third kappa shape index (κ3) is 4.15. The number of hydrogen-bond acceptors (Lipinski definition) is 4. The summed E-state index contributed by atoms with van der Waals surface area (Å²) in [5.74, 6) is -0.567. The SMILES string of the molecule is CC(C(=O)Nc1ccc(F)c(N)c1)N1CCCN(C)CC1. The lowest BCUT2D eigenvalue weighted by atomic mass is 10.2. The van der Waals surface area contributed by atoms with E-state index in [1.54, 1.807) is 0 Å². The molecule has 6 heteroatoms. The molecular weight excluding hydrogens is 271 g/mol. The molecule has 1 heterocycles. The molecule has 1 aliphatic rings. The predicted octanol–water partition coefficient (Wildman–Crippen LogP) is 1.37. The summed E-state index contributed by atoms with van der Waals surface area (Å²) in [6.45, 7) is 5.69. The first-order valence-corrected chi connectivity index (χ1v) is 7.26. The monoisotopic (exact) mass is 294 g/mol. The zero-order chi connectivity index (χ0) is 15.4. The molecule has 1 unspecified atom stereocenters. The van der Waals surface area contributed by atoms with E-state index in [-0.39, 0.29) is 17.6 Å². The Labute approximate surface area is 124 Å². The van der Waals surface area contributed by atoms with E-state index < -0.39 is 5.82 Å². The molecular formula is C15H23FN4O. The van der Waals surface area contributed by atoms with E-state index in [0.717, 1.165) is 32.6 Å². The molecule has 0 spiro atoms. The lowest BCUT2D eigenvalue weighted by Crippen LogP contribution is -2.43. The first kappa shape index (κ1) is 15.7. The zero-order valence-electron chi connectivity index (χ0n) is 12.6. The smallest absolute Gasteiger partial charge is 0.241 e. The van der Waals surface area contributed by atoms with Crippen molar-refractivity contribution in [1.29, 1.82) is 0 Å². The van der Waals surface area contributed by atoms with Gasteiger partial charge in [-0.1, -0.05) is 0 Å². The van der Waals surface area contributed by atoms with Crippen LogP contribution in [0.3, 0.4) is 0 Å². The molecule has 116 valence electrons. The fraction of sp³-hybridized carbons (Fsp3) is 0.533. The summed E-state index contributed by atoms with van der Waals surface area (Å²) < 4.78 is 13.1. The van der Waals surface area contributed by atoms with Crippen LogP contribution >= 0.6 is 0 Å². The first-order valence-electron chi connectivity index (χ1n) is 7.26. The second-order valence-electron chi connectivity index (χ2n) is 5.59. The van der Waals surface area contributed by atoms with E-state index in [2.05, 4.69) is 22.2 Å². The summed E-state index contributed by atoms with van der Waals surface area (Å²) in [6.07, 6.45) is 1.05. The van der Waals surface area contributed by atoms with E-state index in [4.69, 9.17) is 5.73 Å². The molecule has 21 heavy (non-hydrogen) atoms. The Morgan fingerprint density at radius 3 is 2.81 bits per heavy atom. The largest absolute Gasteiger partial charge is 0.396 e. The Morgan fingerprint density at radius 2 is 2.10 bits per heavy atom. The van der Waals surface area contributed by atoms with Crippen LogP contribution in [0.4, 0.5) is 15.8 Å². The van der Waals surface area contributed by atoms with Gasteiger partial charge in [0.1, 0.15) is 5.82 Å². The number of carbonyl (C=O) groups excluding carboxylic acids is 1. The van der Waals surface area contributed by atoms with E-state index in [1.807, 2.05) is 6.92 Å². The average molecular weight is 294 g/mol. The van der Waals surface area contributed by atoms with Crippen molar-refractivity contribution in [2.75, 3.05) is 44.3 Å². The highest BCUT2D eigenvalue weighted by Gasteiger charge is 2.23. The fourth-order valence-corrected chi connectivity index (χ4v) is 2.49. The van der Waals surface area contributed by atoms with E-state index in [1.165, 1.54) is 18.2 Å². The summed E-state index contributed by atoms with van der Waals surface area (Å²) >= 11 is 0. The van der Waals surface area contributed by atoms with Gasteiger partial charge in [-0.05, 0) is 45.1 Å². The Morgan fingerprint density at radius 1 is 1.33 bits per heavy atom. The van der Waals surface area contributed by atoms with E-state index >= 15 is 0 Å². The zero-order valence-corrected chi connectivity index (χ0v) is 12.6. The molecule has 0 aromatic heterocycles. The Kier molecular flexibility index (Phi) is 5.14. The standard InChI is InChI=1S/C15H23FN4O/c1-11(20-7-3-6-19(2)8-9-20)15(21)18-12-4-5-13(16)14(17)10-12/h4-5,10-11H,3,6-9,17H2,1-2H3,(H,18,21). The van der Waals surface area contributed by atoms with Crippen molar-refractivity contribution in [1.82, 2.24) is 9.80 Å². The summed E-state index contributed by atoms with van der Waals surface area (Å²) in [5.41, 5.74) is 6.07. The van der Waals surface area contributed by atoms with Crippen LogP contribution in [0.25, 0.3) is 0 Å². The van der Waals surface area contributed by atoms with Crippen molar-refractivity contribution in [3.05, 3.63) is 24.0 Å². The third-order valence-electron chi connectivity index (χ3n) is 3.94. The molecule has 2 rings (SSSR count). The number of nitrogens with two attached hydrogens (primary N) is 1. The molecule has 1 atom stereocenters. The Hall–Kier alpha value is -1.66. The Balaban J connectivity index is 1.96. The molecule has 1 aromatic carbocycles. The van der Waals surface area contributed by atoms with Crippen molar-refractivity contribution in [2.45, 2.75) is 19.4 Å². The van der Waals surface area contributed by atoms with Crippen LogP contribution in [0.1, 0.15) is 13.3 Å². The lowest BCUT2D eigenvalue weighted by Gasteiger charge is -2.26. The molecule has 0 bridgehead atoms. The first-order chi connectivity index (χ1) is 9.97. The summed E-state index contributed by atoms with van der Waals surface area (Å²) in [5, 5.41) is 2.80. The quantitative estimate of drug-likeness (QED) is 0.827. The van der Waals surface area contributed by atoms with Gasteiger partial charge in [-0.2, -0.15) is 0 Å². The maximum absolute atomic E-state index is 13.1. The number of nitrogens with zero attached hydrogens (tertiary/aromatic N) is 2. The van der Waals surface area contributed by atoms with Gasteiger partial charge in [-0.15, -0.1) is 0 Å². The third-order valence-corrected chi connectivity index (χ3v) is 3.94.